The van der Waals surface area contributed by atoms with E-state index >= 15 is 0 Å². The summed E-state index contributed by atoms with van der Waals surface area (Å²) in [6, 6.07) is 15.0. The number of para-hydroxylation sites is 1. The molecular weight excluding hydrogens is 369 g/mol. The molecule has 0 aliphatic carbocycles. The molecule has 1 N–H and O–H groups in total. The molecule has 3 rings (SSSR count). The number of hydrogen-bond acceptors (Lipinski definition) is 6. The lowest BCUT2D eigenvalue weighted by atomic mass is 10.1. The summed E-state index contributed by atoms with van der Waals surface area (Å²) in [7, 11) is 0. The Bertz CT molecular complexity index is 1020. The highest BCUT2D eigenvalue weighted by Crippen LogP contribution is 2.31. The molecule has 3 aromatic rings. The smallest absolute Gasteiger partial charge is 0.283 e. The highest BCUT2D eigenvalue weighted by molar-refractivity contribution is 5.82. The first-order valence-electron chi connectivity index (χ1n) is 8.07. The number of nitrogens with one attached hydrogen (secondary N) is 1. The standard InChI is InChI=1S/C19H14FN3O5/c20-13-6-8-16(17(10-13)23(25)26)18-9-7-15(28-18)11-21-22-19(24)12-27-14-4-2-1-3-5-14/h1-11H,12H2,(H,22,24)/b21-11-. The molecule has 142 valence electrons. The van der Waals surface area contributed by atoms with Crippen LogP contribution in [0.1, 0.15) is 5.76 Å². The molecular formula is C19H14FN3O5. The van der Waals surface area contributed by atoms with Crippen LogP contribution in [0.2, 0.25) is 0 Å². The lowest BCUT2D eigenvalue weighted by Crippen LogP contribution is -2.24. The van der Waals surface area contributed by atoms with Crippen molar-refractivity contribution in [3.8, 4) is 17.1 Å². The summed E-state index contributed by atoms with van der Waals surface area (Å²) in [5.41, 5.74) is 1.99. The molecule has 0 spiro atoms. The lowest BCUT2D eigenvalue weighted by molar-refractivity contribution is -0.384. The number of rotatable bonds is 7. The van der Waals surface area contributed by atoms with Crippen LogP contribution in [0.4, 0.5) is 10.1 Å². The van der Waals surface area contributed by atoms with Crippen molar-refractivity contribution in [2.75, 3.05) is 6.61 Å². The highest BCUT2D eigenvalue weighted by Gasteiger charge is 2.19. The molecule has 0 aliphatic rings. The van der Waals surface area contributed by atoms with Gasteiger partial charge in [-0.05, 0) is 36.4 Å². The normalized spacial score (nSPS) is 10.8. The number of halogens is 1. The Hall–Kier alpha value is -4.01. The van der Waals surface area contributed by atoms with E-state index in [-0.39, 0.29) is 23.7 Å². The predicted octanol–water partition coefficient (Wildman–Crippen LogP) is 3.52. The summed E-state index contributed by atoms with van der Waals surface area (Å²) in [5, 5.41) is 14.8. The van der Waals surface area contributed by atoms with Crippen molar-refractivity contribution in [2.45, 2.75) is 0 Å². The first-order valence-corrected chi connectivity index (χ1v) is 8.07. The Labute approximate surface area is 158 Å². The molecule has 1 heterocycles. The zero-order valence-corrected chi connectivity index (χ0v) is 14.4. The number of nitro benzene ring substituents is 1. The summed E-state index contributed by atoms with van der Waals surface area (Å²) in [5.74, 6) is -0.215. The molecule has 0 atom stereocenters. The fraction of sp³-hybridized carbons (Fsp3) is 0.0526. The van der Waals surface area contributed by atoms with Gasteiger partial charge in [-0.1, -0.05) is 18.2 Å². The third-order valence-corrected chi connectivity index (χ3v) is 3.54. The average molecular weight is 383 g/mol. The summed E-state index contributed by atoms with van der Waals surface area (Å²) in [6.45, 7) is -0.216. The van der Waals surface area contributed by atoms with Crippen molar-refractivity contribution in [3.05, 3.63) is 82.4 Å². The second kappa shape index (κ2) is 8.58. The third kappa shape index (κ3) is 4.79. The average Bonchev–Trinajstić information content (AvgIpc) is 3.16. The van der Waals surface area contributed by atoms with Gasteiger partial charge in [-0.2, -0.15) is 5.10 Å². The molecule has 28 heavy (non-hydrogen) atoms. The minimum atomic E-state index is -0.718. The topological polar surface area (TPSA) is 107 Å². The van der Waals surface area contributed by atoms with Crippen LogP contribution >= 0.6 is 0 Å². The Morgan fingerprint density at radius 3 is 2.75 bits per heavy atom. The molecule has 2 aromatic carbocycles. The van der Waals surface area contributed by atoms with Gasteiger partial charge in [-0.15, -0.1) is 0 Å². The largest absolute Gasteiger partial charge is 0.484 e. The van der Waals surface area contributed by atoms with Crippen molar-refractivity contribution < 1.29 is 23.3 Å². The molecule has 1 amide bonds. The number of furan rings is 1. The highest BCUT2D eigenvalue weighted by atomic mass is 19.1. The van der Waals surface area contributed by atoms with Crippen LogP contribution in [0.5, 0.6) is 5.75 Å². The number of nitrogens with zero attached hydrogens (tertiary/aromatic N) is 2. The molecule has 0 unspecified atom stereocenters. The first kappa shape index (κ1) is 18.8. The SMILES string of the molecule is O=C(COc1ccccc1)N/N=C\c1ccc(-c2ccc(F)cc2[N+](=O)[O-])o1. The van der Waals surface area contributed by atoms with Gasteiger partial charge in [-0.25, -0.2) is 9.82 Å². The second-order valence-electron chi connectivity index (χ2n) is 5.52. The zero-order chi connectivity index (χ0) is 19.9. The summed E-state index contributed by atoms with van der Waals surface area (Å²) in [6.07, 6.45) is 1.24. The first-order chi connectivity index (χ1) is 13.5. The number of carbonyl (C=O) groups excluding carboxylic acids is 1. The molecule has 0 radical (unpaired) electrons. The Morgan fingerprint density at radius 2 is 2.00 bits per heavy atom. The molecule has 0 saturated heterocycles. The van der Waals surface area contributed by atoms with E-state index in [1.807, 2.05) is 6.07 Å². The van der Waals surface area contributed by atoms with Gasteiger partial charge in [0.25, 0.3) is 11.6 Å². The van der Waals surface area contributed by atoms with Gasteiger partial charge in [0, 0.05) is 0 Å². The van der Waals surface area contributed by atoms with Gasteiger partial charge in [0.05, 0.1) is 22.8 Å². The fourth-order valence-corrected chi connectivity index (χ4v) is 2.30. The van der Waals surface area contributed by atoms with E-state index in [1.54, 1.807) is 24.3 Å². The minimum Gasteiger partial charge on any atom is -0.484 e. The summed E-state index contributed by atoms with van der Waals surface area (Å²) in [4.78, 5) is 22.1. The zero-order valence-electron chi connectivity index (χ0n) is 14.4. The van der Waals surface area contributed by atoms with Crippen molar-refractivity contribution >= 4 is 17.8 Å². The summed E-state index contributed by atoms with van der Waals surface area (Å²) >= 11 is 0. The van der Waals surface area contributed by atoms with Crippen LogP contribution < -0.4 is 10.2 Å². The van der Waals surface area contributed by atoms with Crippen LogP contribution in [0.15, 0.2) is 70.2 Å². The van der Waals surface area contributed by atoms with Crippen LogP contribution in [-0.4, -0.2) is 23.7 Å². The van der Waals surface area contributed by atoms with E-state index in [4.69, 9.17) is 9.15 Å². The van der Waals surface area contributed by atoms with Gasteiger partial charge in [-0.3, -0.25) is 14.9 Å². The van der Waals surface area contributed by atoms with Crippen molar-refractivity contribution in [1.82, 2.24) is 5.43 Å². The molecule has 0 bridgehead atoms. The van der Waals surface area contributed by atoms with Crippen molar-refractivity contribution in [1.29, 1.82) is 0 Å². The van der Waals surface area contributed by atoms with Crippen LogP contribution in [0.3, 0.4) is 0 Å². The van der Waals surface area contributed by atoms with E-state index in [0.717, 1.165) is 12.1 Å². The number of carbonyl (C=O) groups is 1. The Balaban J connectivity index is 1.60. The summed E-state index contributed by atoms with van der Waals surface area (Å²) < 4.78 is 24.0. The van der Waals surface area contributed by atoms with E-state index < -0.39 is 22.3 Å². The number of amides is 1. The van der Waals surface area contributed by atoms with E-state index in [1.165, 1.54) is 24.4 Å². The predicted molar refractivity (Wildman–Crippen MR) is 98.4 cm³/mol. The number of benzene rings is 2. The van der Waals surface area contributed by atoms with Gasteiger partial charge in [0.2, 0.25) is 0 Å². The molecule has 0 saturated carbocycles. The maximum atomic E-state index is 13.2. The van der Waals surface area contributed by atoms with Crippen LogP contribution in [0, 0.1) is 15.9 Å². The fourth-order valence-electron chi connectivity index (χ4n) is 2.30. The molecule has 0 fully saturated rings. The minimum absolute atomic E-state index is 0.131. The monoisotopic (exact) mass is 383 g/mol. The number of hydrogen-bond donors (Lipinski definition) is 1. The molecule has 1 aromatic heterocycles. The van der Waals surface area contributed by atoms with Gasteiger partial charge in [0.1, 0.15) is 23.1 Å². The van der Waals surface area contributed by atoms with E-state index in [9.17, 15) is 19.3 Å². The second-order valence-corrected chi connectivity index (χ2v) is 5.52. The quantitative estimate of drug-likeness (QED) is 0.382. The van der Waals surface area contributed by atoms with E-state index in [2.05, 4.69) is 10.5 Å². The van der Waals surface area contributed by atoms with Gasteiger partial charge >= 0.3 is 0 Å². The van der Waals surface area contributed by atoms with E-state index in [0.29, 0.717) is 5.75 Å². The molecule has 0 aliphatic heterocycles. The maximum absolute atomic E-state index is 13.2. The van der Waals surface area contributed by atoms with Crippen molar-refractivity contribution in [2.24, 2.45) is 5.10 Å². The van der Waals surface area contributed by atoms with Crippen LogP contribution in [0.25, 0.3) is 11.3 Å². The van der Waals surface area contributed by atoms with Crippen molar-refractivity contribution in [3.63, 3.8) is 0 Å². The number of nitro groups is 1. The molecule has 8 nitrogen and oxygen atoms in total. The lowest BCUT2D eigenvalue weighted by Gasteiger charge is -2.03. The Kier molecular flexibility index (Phi) is 5.75. The number of ether oxygens (including phenoxy) is 1. The van der Waals surface area contributed by atoms with Gasteiger partial charge in [0.15, 0.2) is 6.61 Å². The molecule has 9 heteroatoms. The Morgan fingerprint density at radius 1 is 1.21 bits per heavy atom. The third-order valence-electron chi connectivity index (χ3n) is 3.54. The van der Waals surface area contributed by atoms with Gasteiger partial charge < -0.3 is 9.15 Å². The van der Waals surface area contributed by atoms with Crippen LogP contribution in [-0.2, 0) is 4.79 Å². The maximum Gasteiger partial charge on any atom is 0.283 e. The number of hydrazone groups is 1.